The molecule has 0 aliphatic carbocycles. The Hall–Kier alpha value is -2.71. The fraction of sp³-hybridized carbons (Fsp3) is 0.417. The highest BCUT2D eigenvalue weighted by Gasteiger charge is 2.35. The molecule has 0 radical (unpaired) electrons. The van der Waals surface area contributed by atoms with E-state index in [1.165, 1.54) is 9.21 Å². The van der Waals surface area contributed by atoms with Crippen LogP contribution in [0, 0.1) is 27.7 Å². The number of benzene rings is 2. The number of sulfonamides is 1. The van der Waals surface area contributed by atoms with Crippen molar-refractivity contribution >= 4 is 27.5 Å². The van der Waals surface area contributed by atoms with Crippen LogP contribution >= 0.6 is 0 Å². The number of aryl methyl sites for hydroxylation is 4. The van der Waals surface area contributed by atoms with Crippen LogP contribution in [-0.4, -0.2) is 55.7 Å². The first-order valence-corrected chi connectivity index (χ1v) is 12.2. The predicted octanol–water partition coefficient (Wildman–Crippen LogP) is 3.15. The molecule has 32 heavy (non-hydrogen) atoms. The van der Waals surface area contributed by atoms with Crippen LogP contribution in [0.5, 0.6) is 0 Å². The van der Waals surface area contributed by atoms with E-state index in [4.69, 9.17) is 0 Å². The lowest BCUT2D eigenvalue weighted by molar-refractivity contribution is -0.131. The minimum absolute atomic E-state index is 0.0601. The average molecular weight is 458 g/mol. The van der Waals surface area contributed by atoms with E-state index in [0.29, 0.717) is 17.5 Å². The fourth-order valence-electron chi connectivity index (χ4n) is 4.22. The molecule has 2 amide bonds. The van der Waals surface area contributed by atoms with Gasteiger partial charge in [-0.15, -0.1) is 0 Å². The van der Waals surface area contributed by atoms with Crippen molar-refractivity contribution in [2.24, 2.45) is 0 Å². The Morgan fingerprint density at radius 3 is 2.28 bits per heavy atom. The lowest BCUT2D eigenvalue weighted by atomic mass is 10.1. The van der Waals surface area contributed by atoms with Crippen molar-refractivity contribution in [1.82, 2.24) is 9.21 Å². The van der Waals surface area contributed by atoms with Gasteiger partial charge in [0.1, 0.15) is 13.2 Å². The first kappa shape index (κ1) is 23.9. The van der Waals surface area contributed by atoms with Gasteiger partial charge in [0.25, 0.3) is 0 Å². The molecule has 8 heteroatoms. The summed E-state index contributed by atoms with van der Waals surface area (Å²) in [5, 5.41) is 0. The molecule has 0 bridgehead atoms. The third-order valence-electron chi connectivity index (χ3n) is 5.59. The number of carbonyl (C=O) groups excluding carboxylic acids is 2. The summed E-state index contributed by atoms with van der Waals surface area (Å²) >= 11 is 0. The highest BCUT2D eigenvalue weighted by atomic mass is 32.2. The normalized spacial score (nSPS) is 14.5. The number of anilines is 1. The van der Waals surface area contributed by atoms with Crippen LogP contribution < -0.4 is 4.90 Å². The number of rotatable bonds is 7. The highest BCUT2D eigenvalue weighted by Crippen LogP contribution is 2.26. The average Bonchev–Trinajstić information content (AvgIpc) is 3.08. The van der Waals surface area contributed by atoms with E-state index in [9.17, 15) is 18.0 Å². The van der Waals surface area contributed by atoms with Gasteiger partial charge in [0, 0.05) is 12.2 Å². The summed E-state index contributed by atoms with van der Waals surface area (Å²) in [6, 6.07) is 11.2. The maximum absolute atomic E-state index is 13.5. The highest BCUT2D eigenvalue weighted by molar-refractivity contribution is 7.89. The van der Waals surface area contributed by atoms with E-state index in [1.807, 2.05) is 57.2 Å². The van der Waals surface area contributed by atoms with E-state index >= 15 is 0 Å². The van der Waals surface area contributed by atoms with Crippen LogP contribution in [0.2, 0.25) is 0 Å². The molecule has 3 rings (SSSR count). The smallest absolute Gasteiger partial charge is 0.248 e. The number of hydrogen-bond donors (Lipinski definition) is 0. The zero-order valence-electron chi connectivity index (χ0n) is 19.4. The Bertz CT molecular complexity index is 1120. The summed E-state index contributed by atoms with van der Waals surface area (Å²) in [6.45, 7) is 9.28. The molecule has 2 aromatic rings. The fourth-order valence-corrected chi connectivity index (χ4v) is 6.12. The lowest BCUT2D eigenvalue weighted by Crippen LogP contribution is -2.43. The molecule has 0 atom stereocenters. The van der Waals surface area contributed by atoms with Gasteiger partial charge in [0.2, 0.25) is 21.8 Å². The van der Waals surface area contributed by atoms with Crippen molar-refractivity contribution < 1.29 is 18.0 Å². The van der Waals surface area contributed by atoms with E-state index in [1.54, 1.807) is 18.7 Å². The van der Waals surface area contributed by atoms with E-state index in [2.05, 4.69) is 0 Å². The molecule has 172 valence electrons. The minimum Gasteiger partial charge on any atom is -0.314 e. The van der Waals surface area contributed by atoms with Crippen LogP contribution in [0.25, 0.3) is 0 Å². The second-order valence-corrected chi connectivity index (χ2v) is 10.3. The Kier molecular flexibility index (Phi) is 7.05. The van der Waals surface area contributed by atoms with E-state index < -0.39 is 10.0 Å². The van der Waals surface area contributed by atoms with Crippen molar-refractivity contribution in [3.63, 3.8) is 0 Å². The second kappa shape index (κ2) is 9.42. The Morgan fingerprint density at radius 2 is 1.69 bits per heavy atom. The number of amides is 2. The molecular weight excluding hydrogens is 426 g/mol. The number of hydrogen-bond acceptors (Lipinski definition) is 4. The van der Waals surface area contributed by atoms with Crippen LogP contribution in [-0.2, 0) is 19.6 Å². The third-order valence-corrected chi connectivity index (χ3v) is 7.74. The van der Waals surface area contributed by atoms with Crippen LogP contribution in [0.1, 0.15) is 35.6 Å². The van der Waals surface area contributed by atoms with Gasteiger partial charge in [-0.3, -0.25) is 14.5 Å². The van der Waals surface area contributed by atoms with Gasteiger partial charge in [-0.1, -0.05) is 36.8 Å². The summed E-state index contributed by atoms with van der Waals surface area (Å²) in [4.78, 5) is 28.8. The molecule has 0 aromatic heterocycles. The zero-order chi connectivity index (χ0) is 23.6. The molecule has 0 spiro atoms. The maximum atomic E-state index is 13.5. The molecule has 1 saturated heterocycles. The first-order valence-electron chi connectivity index (χ1n) is 10.8. The van der Waals surface area contributed by atoms with E-state index in [0.717, 1.165) is 16.8 Å². The number of nitrogens with zero attached hydrogens (tertiary/aromatic N) is 3. The molecule has 1 aliphatic rings. The number of carbonyl (C=O) groups is 2. The van der Waals surface area contributed by atoms with Crippen molar-refractivity contribution in [3.8, 4) is 0 Å². The van der Waals surface area contributed by atoms with Gasteiger partial charge >= 0.3 is 0 Å². The van der Waals surface area contributed by atoms with Crippen molar-refractivity contribution in [2.75, 3.05) is 31.2 Å². The predicted molar refractivity (Wildman–Crippen MR) is 125 cm³/mol. The van der Waals surface area contributed by atoms with Crippen LogP contribution in [0.4, 0.5) is 5.69 Å². The molecule has 7 nitrogen and oxygen atoms in total. The maximum Gasteiger partial charge on any atom is 0.248 e. The largest absolute Gasteiger partial charge is 0.314 e. The minimum atomic E-state index is -3.86. The molecule has 0 unspecified atom stereocenters. The van der Waals surface area contributed by atoms with Crippen molar-refractivity contribution in [1.29, 1.82) is 0 Å². The molecule has 0 saturated carbocycles. The van der Waals surface area contributed by atoms with Crippen LogP contribution in [0.15, 0.2) is 41.3 Å². The standard InChI is InChI=1S/C24H31N3O4S/c1-6-10-26(32(30,31)24-19(4)11-18(3)12-20(24)5)15-22(28)25-14-23(29)27(16-25)21-9-7-8-17(2)13-21/h7-9,11-13H,6,10,14-16H2,1-5H3. The van der Waals surface area contributed by atoms with Gasteiger partial charge in [-0.25, -0.2) is 8.42 Å². The second-order valence-electron chi connectivity index (χ2n) is 8.46. The summed E-state index contributed by atoms with van der Waals surface area (Å²) in [6.07, 6.45) is 0.574. The molecule has 1 fully saturated rings. The van der Waals surface area contributed by atoms with Gasteiger partial charge < -0.3 is 4.90 Å². The first-order chi connectivity index (χ1) is 15.0. The van der Waals surface area contributed by atoms with Crippen molar-refractivity contribution in [2.45, 2.75) is 45.9 Å². The van der Waals surface area contributed by atoms with Crippen molar-refractivity contribution in [3.05, 3.63) is 58.7 Å². The molecule has 0 N–H and O–H groups in total. The van der Waals surface area contributed by atoms with Gasteiger partial charge in [0.05, 0.1) is 11.4 Å². The van der Waals surface area contributed by atoms with Gasteiger partial charge in [-0.05, 0) is 62.9 Å². The SMILES string of the molecule is CCCN(CC(=O)N1CC(=O)N(c2cccc(C)c2)C1)S(=O)(=O)c1c(C)cc(C)cc1C. The lowest BCUT2D eigenvalue weighted by Gasteiger charge is -2.26. The van der Waals surface area contributed by atoms with E-state index in [-0.39, 0.29) is 43.0 Å². The Balaban J connectivity index is 1.82. The summed E-state index contributed by atoms with van der Waals surface area (Å²) in [5.74, 6) is -0.563. The monoisotopic (exact) mass is 457 g/mol. The topological polar surface area (TPSA) is 78.0 Å². The molecule has 2 aromatic carbocycles. The third kappa shape index (κ3) is 4.86. The summed E-state index contributed by atoms with van der Waals surface area (Å²) < 4.78 is 28.2. The molecule has 1 aliphatic heterocycles. The Morgan fingerprint density at radius 1 is 1.03 bits per heavy atom. The summed E-state index contributed by atoms with van der Waals surface area (Å²) in [5.41, 5.74) is 4.07. The molecular formula is C24H31N3O4S. The van der Waals surface area contributed by atoms with Gasteiger partial charge in [0.15, 0.2) is 0 Å². The van der Waals surface area contributed by atoms with Gasteiger partial charge in [-0.2, -0.15) is 4.31 Å². The Labute approximate surface area is 190 Å². The quantitative estimate of drug-likeness (QED) is 0.640. The zero-order valence-corrected chi connectivity index (χ0v) is 20.2. The molecule has 1 heterocycles. The van der Waals surface area contributed by atoms with Crippen LogP contribution in [0.3, 0.4) is 0 Å². The summed E-state index contributed by atoms with van der Waals surface area (Å²) in [7, 11) is -3.86.